The Bertz CT molecular complexity index is 1290. The van der Waals surface area contributed by atoms with Gasteiger partial charge in [0.05, 0.1) is 10.6 Å². The van der Waals surface area contributed by atoms with Crippen LogP contribution in [0.5, 0.6) is 11.5 Å². The lowest BCUT2D eigenvalue weighted by molar-refractivity contribution is 0.489. The summed E-state index contributed by atoms with van der Waals surface area (Å²) in [6, 6.07) is 20.4. The van der Waals surface area contributed by atoms with Gasteiger partial charge in [0, 0.05) is 16.6 Å². The number of hydrogen-bond donors (Lipinski definition) is 1. The number of ether oxygens (including phenoxy) is 1. The van der Waals surface area contributed by atoms with E-state index in [0.29, 0.717) is 27.7 Å². The number of rotatable bonds is 5. The number of aryl methyl sites for hydroxylation is 1. The molecule has 5 nitrogen and oxygen atoms in total. The number of sulfonamides is 1. The third-order valence-electron chi connectivity index (χ3n) is 4.43. The van der Waals surface area contributed by atoms with Gasteiger partial charge < -0.3 is 4.74 Å². The first kappa shape index (κ1) is 19.2. The molecular formula is C22H17ClN2O3S. The van der Waals surface area contributed by atoms with Gasteiger partial charge in [0.15, 0.2) is 11.5 Å². The summed E-state index contributed by atoms with van der Waals surface area (Å²) in [5.41, 5.74) is 2.12. The first-order valence-corrected chi connectivity index (χ1v) is 10.7. The van der Waals surface area contributed by atoms with Crippen LogP contribution in [0.1, 0.15) is 5.56 Å². The van der Waals surface area contributed by atoms with Gasteiger partial charge in [0.1, 0.15) is 5.52 Å². The maximum Gasteiger partial charge on any atom is 0.262 e. The number of anilines is 1. The van der Waals surface area contributed by atoms with Crippen molar-refractivity contribution < 1.29 is 13.2 Å². The van der Waals surface area contributed by atoms with Crippen LogP contribution < -0.4 is 9.46 Å². The SMILES string of the molecule is Cc1ccnc2c(Oc3ccccc3NS(=O)(=O)c3ccc(Cl)cc3)cccc12. The van der Waals surface area contributed by atoms with Crippen LogP contribution in [0.2, 0.25) is 5.02 Å². The lowest BCUT2D eigenvalue weighted by Crippen LogP contribution is -2.13. The van der Waals surface area contributed by atoms with Crippen molar-refractivity contribution in [3.05, 3.63) is 89.6 Å². The van der Waals surface area contributed by atoms with Crippen molar-refractivity contribution in [2.75, 3.05) is 4.72 Å². The molecule has 1 N–H and O–H groups in total. The normalized spacial score (nSPS) is 11.4. The zero-order valence-electron chi connectivity index (χ0n) is 15.5. The first-order chi connectivity index (χ1) is 13.9. The predicted octanol–water partition coefficient (Wildman–Crippen LogP) is 5.79. The molecular weight excluding hydrogens is 408 g/mol. The number of nitrogens with zero attached hydrogens (tertiary/aromatic N) is 1. The highest BCUT2D eigenvalue weighted by atomic mass is 35.5. The zero-order chi connectivity index (χ0) is 20.4. The Kier molecular flexibility index (Phi) is 5.13. The summed E-state index contributed by atoms with van der Waals surface area (Å²) in [5.74, 6) is 0.921. The Hall–Kier alpha value is -3.09. The topological polar surface area (TPSA) is 68.3 Å². The van der Waals surface area contributed by atoms with Crippen LogP contribution in [-0.4, -0.2) is 13.4 Å². The van der Waals surface area contributed by atoms with Gasteiger partial charge in [-0.3, -0.25) is 9.71 Å². The third kappa shape index (κ3) is 4.04. The number of para-hydroxylation sites is 3. The molecule has 4 rings (SSSR count). The second kappa shape index (κ2) is 7.73. The lowest BCUT2D eigenvalue weighted by Gasteiger charge is -2.14. The average Bonchev–Trinajstić information content (AvgIpc) is 2.70. The van der Waals surface area contributed by atoms with Gasteiger partial charge in [-0.05, 0) is 61.0 Å². The lowest BCUT2D eigenvalue weighted by atomic mass is 10.1. The fourth-order valence-corrected chi connectivity index (χ4v) is 4.14. The molecule has 3 aromatic carbocycles. The molecule has 0 unspecified atom stereocenters. The molecule has 0 spiro atoms. The molecule has 0 saturated heterocycles. The van der Waals surface area contributed by atoms with E-state index in [9.17, 15) is 8.42 Å². The van der Waals surface area contributed by atoms with Crippen molar-refractivity contribution in [1.82, 2.24) is 4.98 Å². The number of halogens is 1. The molecule has 0 atom stereocenters. The number of nitrogens with one attached hydrogen (secondary N) is 1. The van der Waals surface area contributed by atoms with Crippen LogP contribution in [0.25, 0.3) is 10.9 Å². The van der Waals surface area contributed by atoms with Crippen LogP contribution in [0.3, 0.4) is 0 Å². The van der Waals surface area contributed by atoms with Crippen LogP contribution in [0.15, 0.2) is 83.9 Å². The van der Waals surface area contributed by atoms with Crippen molar-refractivity contribution in [1.29, 1.82) is 0 Å². The highest BCUT2D eigenvalue weighted by Gasteiger charge is 2.17. The van der Waals surface area contributed by atoms with Gasteiger partial charge in [-0.15, -0.1) is 0 Å². The number of hydrogen-bond acceptors (Lipinski definition) is 4. The zero-order valence-corrected chi connectivity index (χ0v) is 17.0. The van der Waals surface area contributed by atoms with Gasteiger partial charge in [-0.1, -0.05) is 35.9 Å². The number of fused-ring (bicyclic) bond motifs is 1. The molecule has 0 radical (unpaired) electrons. The summed E-state index contributed by atoms with van der Waals surface area (Å²) in [6.45, 7) is 2.00. The minimum Gasteiger partial charge on any atom is -0.453 e. The molecule has 29 heavy (non-hydrogen) atoms. The van der Waals surface area contributed by atoms with E-state index in [1.165, 1.54) is 24.3 Å². The van der Waals surface area contributed by atoms with Gasteiger partial charge >= 0.3 is 0 Å². The molecule has 0 aliphatic heterocycles. The smallest absolute Gasteiger partial charge is 0.262 e. The van der Waals surface area contributed by atoms with Gasteiger partial charge in [-0.25, -0.2) is 8.42 Å². The summed E-state index contributed by atoms with van der Waals surface area (Å²) in [4.78, 5) is 4.53. The molecule has 146 valence electrons. The second-order valence-corrected chi connectivity index (χ2v) is 8.56. The molecule has 0 aliphatic rings. The maximum atomic E-state index is 12.8. The summed E-state index contributed by atoms with van der Waals surface area (Å²) in [6.07, 6.45) is 1.72. The Morgan fingerprint density at radius 1 is 0.897 bits per heavy atom. The molecule has 0 aliphatic carbocycles. The Labute approximate surface area is 174 Å². The standard InChI is InChI=1S/C22H17ClN2O3S/c1-15-13-14-24-22-18(15)5-4-8-21(22)28-20-7-3-2-6-19(20)25-29(26,27)17-11-9-16(23)10-12-17/h2-14,25H,1H3. The Balaban J connectivity index is 1.70. The summed E-state index contributed by atoms with van der Waals surface area (Å²) < 4.78 is 34.2. The molecule has 0 bridgehead atoms. The Morgan fingerprint density at radius 3 is 2.41 bits per heavy atom. The summed E-state index contributed by atoms with van der Waals surface area (Å²) in [7, 11) is -3.80. The molecule has 0 fully saturated rings. The number of aromatic nitrogens is 1. The van der Waals surface area contributed by atoms with E-state index >= 15 is 0 Å². The van der Waals surface area contributed by atoms with Crippen LogP contribution in [0.4, 0.5) is 5.69 Å². The van der Waals surface area contributed by atoms with E-state index in [1.54, 1.807) is 36.5 Å². The van der Waals surface area contributed by atoms with Crippen molar-refractivity contribution in [3.63, 3.8) is 0 Å². The van der Waals surface area contributed by atoms with Crippen molar-refractivity contribution in [2.24, 2.45) is 0 Å². The fraction of sp³-hybridized carbons (Fsp3) is 0.0455. The summed E-state index contributed by atoms with van der Waals surface area (Å²) >= 11 is 5.86. The highest BCUT2D eigenvalue weighted by molar-refractivity contribution is 7.92. The minimum absolute atomic E-state index is 0.110. The van der Waals surface area contributed by atoms with Gasteiger partial charge in [-0.2, -0.15) is 0 Å². The number of pyridine rings is 1. The molecule has 7 heteroatoms. The second-order valence-electron chi connectivity index (χ2n) is 6.44. The predicted molar refractivity (Wildman–Crippen MR) is 115 cm³/mol. The molecule has 4 aromatic rings. The van der Waals surface area contributed by atoms with Gasteiger partial charge in [0.2, 0.25) is 0 Å². The van der Waals surface area contributed by atoms with E-state index in [1.807, 2.05) is 25.1 Å². The average molecular weight is 425 g/mol. The molecule has 1 aromatic heterocycles. The van der Waals surface area contributed by atoms with E-state index in [2.05, 4.69) is 9.71 Å². The maximum absolute atomic E-state index is 12.8. The Morgan fingerprint density at radius 2 is 1.62 bits per heavy atom. The number of benzene rings is 3. The largest absolute Gasteiger partial charge is 0.453 e. The van der Waals surface area contributed by atoms with Crippen LogP contribution >= 0.6 is 11.6 Å². The van der Waals surface area contributed by atoms with Crippen molar-refractivity contribution in [2.45, 2.75) is 11.8 Å². The fourth-order valence-electron chi connectivity index (χ4n) is 2.95. The molecule has 1 heterocycles. The quantitative estimate of drug-likeness (QED) is 0.440. The third-order valence-corrected chi connectivity index (χ3v) is 6.06. The van der Waals surface area contributed by atoms with E-state index in [-0.39, 0.29) is 4.90 Å². The van der Waals surface area contributed by atoms with Crippen LogP contribution in [0, 0.1) is 6.92 Å². The van der Waals surface area contributed by atoms with Crippen molar-refractivity contribution >= 4 is 38.2 Å². The van der Waals surface area contributed by atoms with Crippen LogP contribution in [-0.2, 0) is 10.0 Å². The minimum atomic E-state index is -3.80. The molecule has 0 saturated carbocycles. The molecule has 0 amide bonds. The summed E-state index contributed by atoms with van der Waals surface area (Å²) in [5, 5.41) is 1.44. The van der Waals surface area contributed by atoms with Crippen molar-refractivity contribution in [3.8, 4) is 11.5 Å². The van der Waals surface area contributed by atoms with E-state index < -0.39 is 10.0 Å². The first-order valence-electron chi connectivity index (χ1n) is 8.84. The van der Waals surface area contributed by atoms with E-state index in [4.69, 9.17) is 16.3 Å². The monoisotopic (exact) mass is 424 g/mol. The highest BCUT2D eigenvalue weighted by Crippen LogP contribution is 2.34. The van der Waals surface area contributed by atoms with Gasteiger partial charge in [0.25, 0.3) is 10.0 Å². The van der Waals surface area contributed by atoms with E-state index in [0.717, 1.165) is 10.9 Å².